The Bertz CT molecular complexity index is 444. The molecule has 20 heavy (non-hydrogen) atoms. The van der Waals surface area contributed by atoms with Crippen LogP contribution in [0, 0.1) is 0 Å². The van der Waals surface area contributed by atoms with Crippen molar-refractivity contribution in [2.24, 2.45) is 0 Å². The number of carbonyl (C=O) groups is 1. The van der Waals surface area contributed by atoms with Crippen molar-refractivity contribution in [1.29, 1.82) is 0 Å². The first kappa shape index (κ1) is 16.5. The Morgan fingerprint density at radius 2 is 2.05 bits per heavy atom. The van der Waals surface area contributed by atoms with Crippen LogP contribution in [0.2, 0.25) is 0 Å². The van der Waals surface area contributed by atoms with Crippen molar-refractivity contribution in [3.05, 3.63) is 29.3 Å². The van der Waals surface area contributed by atoms with Gasteiger partial charge in [0.15, 0.2) is 0 Å². The highest BCUT2D eigenvalue weighted by molar-refractivity contribution is 5.96. The van der Waals surface area contributed by atoms with Gasteiger partial charge in [-0.05, 0) is 44.5 Å². The normalized spacial score (nSPS) is 11.1. The van der Waals surface area contributed by atoms with Crippen LogP contribution in [0.5, 0.6) is 5.75 Å². The number of nitrogens with zero attached hydrogens (tertiary/aromatic N) is 1. The maximum atomic E-state index is 12.1. The zero-order valence-corrected chi connectivity index (χ0v) is 12.9. The highest BCUT2D eigenvalue weighted by atomic mass is 16.3. The molecule has 0 saturated carbocycles. The lowest BCUT2D eigenvalue weighted by atomic mass is 10.1. The number of rotatable bonds is 7. The predicted molar refractivity (Wildman–Crippen MR) is 82.2 cm³/mol. The van der Waals surface area contributed by atoms with Gasteiger partial charge in [-0.1, -0.05) is 19.9 Å². The number of phenolic OH excluding ortho intramolecular Hbond substituents is 1. The molecule has 1 aromatic rings. The monoisotopic (exact) mass is 278 g/mol. The minimum atomic E-state index is -0.211. The molecule has 1 aromatic carbocycles. The van der Waals surface area contributed by atoms with E-state index < -0.39 is 0 Å². The van der Waals surface area contributed by atoms with Crippen LogP contribution in [0.15, 0.2) is 18.2 Å². The molecule has 0 aliphatic heterocycles. The van der Waals surface area contributed by atoms with E-state index in [1.807, 2.05) is 13.0 Å². The molecule has 0 aliphatic rings. The van der Waals surface area contributed by atoms with E-state index in [1.165, 1.54) is 0 Å². The second kappa shape index (κ2) is 7.90. The number of nitrogens with one attached hydrogen (secondary N) is 1. The van der Waals surface area contributed by atoms with E-state index in [4.69, 9.17) is 0 Å². The van der Waals surface area contributed by atoms with Crippen LogP contribution in [-0.2, 0) is 6.42 Å². The minimum absolute atomic E-state index is 0.0379. The Morgan fingerprint density at radius 1 is 1.35 bits per heavy atom. The maximum Gasteiger partial charge on any atom is 0.255 e. The first-order valence-electron chi connectivity index (χ1n) is 7.33. The molecule has 0 heterocycles. The van der Waals surface area contributed by atoms with Crippen molar-refractivity contribution < 1.29 is 9.90 Å². The van der Waals surface area contributed by atoms with Gasteiger partial charge in [-0.15, -0.1) is 0 Å². The molecule has 4 heteroatoms. The zero-order chi connectivity index (χ0) is 15.1. The number of aryl methyl sites for hydroxylation is 1. The predicted octanol–water partition coefficient (Wildman–Crippen LogP) is 2.41. The molecule has 4 nitrogen and oxygen atoms in total. The molecule has 112 valence electrons. The van der Waals surface area contributed by atoms with E-state index >= 15 is 0 Å². The Morgan fingerprint density at radius 3 is 2.60 bits per heavy atom. The van der Waals surface area contributed by atoms with Crippen molar-refractivity contribution in [2.45, 2.75) is 40.2 Å². The van der Waals surface area contributed by atoms with Crippen molar-refractivity contribution in [3.8, 4) is 5.75 Å². The van der Waals surface area contributed by atoms with Gasteiger partial charge in [0.2, 0.25) is 0 Å². The first-order valence-corrected chi connectivity index (χ1v) is 7.33. The van der Waals surface area contributed by atoms with Crippen molar-refractivity contribution in [3.63, 3.8) is 0 Å². The van der Waals surface area contributed by atoms with Gasteiger partial charge in [0.05, 0.1) is 5.56 Å². The Kier molecular flexibility index (Phi) is 6.52. The molecule has 0 atom stereocenters. The fraction of sp³-hybridized carbons (Fsp3) is 0.562. The molecule has 0 bridgehead atoms. The van der Waals surface area contributed by atoms with E-state index in [2.05, 4.69) is 31.0 Å². The van der Waals surface area contributed by atoms with Crippen molar-refractivity contribution >= 4 is 5.91 Å². The summed E-state index contributed by atoms with van der Waals surface area (Å²) in [6.45, 7) is 10.8. The summed E-state index contributed by atoms with van der Waals surface area (Å²) in [7, 11) is 0. The number of likely N-dealkylation sites (N-methyl/N-ethyl adjacent to an activating group) is 1. The summed E-state index contributed by atoms with van der Waals surface area (Å²) in [5.41, 5.74) is 1.40. The molecule has 1 rings (SSSR count). The van der Waals surface area contributed by atoms with E-state index in [1.54, 1.807) is 12.1 Å². The van der Waals surface area contributed by atoms with Crippen LogP contribution >= 0.6 is 0 Å². The minimum Gasteiger partial charge on any atom is -0.507 e. The van der Waals surface area contributed by atoms with E-state index in [0.717, 1.165) is 25.1 Å². The number of aromatic hydroxyl groups is 1. The second-order valence-corrected chi connectivity index (χ2v) is 5.18. The number of amides is 1. The van der Waals surface area contributed by atoms with E-state index in [0.29, 0.717) is 18.2 Å². The average Bonchev–Trinajstić information content (AvgIpc) is 2.43. The van der Waals surface area contributed by atoms with Crippen LogP contribution in [0.4, 0.5) is 0 Å². The first-order chi connectivity index (χ1) is 9.49. The topological polar surface area (TPSA) is 52.6 Å². The lowest BCUT2D eigenvalue weighted by Gasteiger charge is -2.24. The van der Waals surface area contributed by atoms with Crippen LogP contribution < -0.4 is 5.32 Å². The number of carbonyl (C=O) groups excluding carboxylic acids is 1. The Balaban J connectivity index is 2.59. The average molecular weight is 278 g/mol. The zero-order valence-electron chi connectivity index (χ0n) is 12.9. The highest BCUT2D eigenvalue weighted by Crippen LogP contribution is 2.18. The van der Waals surface area contributed by atoms with E-state index in [9.17, 15) is 9.90 Å². The van der Waals surface area contributed by atoms with E-state index in [-0.39, 0.29) is 11.7 Å². The molecule has 0 saturated heterocycles. The number of hydrogen-bond donors (Lipinski definition) is 2. The summed E-state index contributed by atoms with van der Waals surface area (Å²) in [5, 5.41) is 12.6. The third-order valence-electron chi connectivity index (χ3n) is 3.53. The van der Waals surface area contributed by atoms with Crippen molar-refractivity contribution in [1.82, 2.24) is 10.2 Å². The fourth-order valence-corrected chi connectivity index (χ4v) is 2.17. The quantitative estimate of drug-likeness (QED) is 0.805. The van der Waals surface area contributed by atoms with Gasteiger partial charge in [-0.25, -0.2) is 0 Å². The Hall–Kier alpha value is -1.55. The summed E-state index contributed by atoms with van der Waals surface area (Å²) in [4.78, 5) is 14.4. The van der Waals surface area contributed by atoms with Crippen molar-refractivity contribution in [2.75, 3.05) is 19.6 Å². The molecule has 0 aromatic heterocycles. The molecule has 1 amide bonds. The lowest BCUT2D eigenvalue weighted by molar-refractivity contribution is 0.0943. The van der Waals surface area contributed by atoms with Crippen LogP contribution in [0.25, 0.3) is 0 Å². The smallest absolute Gasteiger partial charge is 0.255 e. The molecule has 2 N–H and O–H groups in total. The van der Waals surface area contributed by atoms with Gasteiger partial charge in [-0.2, -0.15) is 0 Å². The summed E-state index contributed by atoms with van der Waals surface area (Å²) >= 11 is 0. The summed E-state index contributed by atoms with van der Waals surface area (Å²) in [6, 6.07) is 5.64. The largest absolute Gasteiger partial charge is 0.507 e. The highest BCUT2D eigenvalue weighted by Gasteiger charge is 2.12. The van der Waals surface area contributed by atoms with Gasteiger partial charge in [0, 0.05) is 19.1 Å². The summed E-state index contributed by atoms with van der Waals surface area (Å²) < 4.78 is 0. The third-order valence-corrected chi connectivity index (χ3v) is 3.53. The molecule has 0 radical (unpaired) electrons. The van der Waals surface area contributed by atoms with Crippen LogP contribution in [0.1, 0.15) is 43.6 Å². The van der Waals surface area contributed by atoms with Gasteiger partial charge < -0.3 is 10.4 Å². The second-order valence-electron chi connectivity index (χ2n) is 5.18. The molecule has 0 unspecified atom stereocenters. The molecular formula is C16H26N2O2. The standard InChI is InChI=1S/C16H26N2O2/c1-5-13-7-8-15(19)14(11-13)16(20)17-9-10-18(6-2)12(3)4/h7-8,11-12,19H,5-6,9-10H2,1-4H3,(H,17,20). The van der Waals surface area contributed by atoms with Gasteiger partial charge in [-0.3, -0.25) is 9.69 Å². The van der Waals surface area contributed by atoms with Gasteiger partial charge in [0.1, 0.15) is 5.75 Å². The Labute approximate surface area is 121 Å². The van der Waals surface area contributed by atoms with Crippen LogP contribution in [-0.4, -0.2) is 41.6 Å². The van der Waals surface area contributed by atoms with Gasteiger partial charge in [0.25, 0.3) is 5.91 Å². The SMILES string of the molecule is CCc1ccc(O)c(C(=O)NCCN(CC)C(C)C)c1. The molecular weight excluding hydrogens is 252 g/mol. The molecule has 0 spiro atoms. The third kappa shape index (κ3) is 4.53. The summed E-state index contributed by atoms with van der Waals surface area (Å²) in [6.07, 6.45) is 0.845. The fourth-order valence-electron chi connectivity index (χ4n) is 2.17. The number of phenols is 1. The summed E-state index contributed by atoms with van der Waals surface area (Å²) in [5.74, 6) is -0.173. The maximum absolute atomic E-state index is 12.1. The number of hydrogen-bond acceptors (Lipinski definition) is 3. The molecule has 0 fully saturated rings. The lowest BCUT2D eigenvalue weighted by Crippen LogP contribution is -2.38. The molecule has 0 aliphatic carbocycles. The van der Waals surface area contributed by atoms with Crippen LogP contribution in [0.3, 0.4) is 0 Å². The number of benzene rings is 1. The van der Waals surface area contributed by atoms with Gasteiger partial charge >= 0.3 is 0 Å².